The average Bonchev–Trinajstić information content (AvgIpc) is 2.74. The first-order valence-corrected chi connectivity index (χ1v) is 10.2. The van der Waals surface area contributed by atoms with Crippen LogP contribution in [-0.4, -0.2) is 34.3 Å². The fourth-order valence-electron chi connectivity index (χ4n) is 4.23. The number of benzene rings is 1. The van der Waals surface area contributed by atoms with Crippen molar-refractivity contribution in [2.75, 3.05) is 6.61 Å². The molecule has 1 aromatic carbocycles. The van der Waals surface area contributed by atoms with E-state index in [1.54, 1.807) is 20.8 Å². The van der Waals surface area contributed by atoms with Gasteiger partial charge in [-0.15, -0.1) is 10.1 Å². The number of aliphatic carboxylic acids is 1. The first kappa shape index (κ1) is 24.9. The van der Waals surface area contributed by atoms with Crippen LogP contribution in [0.2, 0.25) is 0 Å². The molecule has 0 fully saturated rings. The van der Waals surface area contributed by atoms with Gasteiger partial charge >= 0.3 is 5.97 Å². The summed E-state index contributed by atoms with van der Waals surface area (Å²) in [4.78, 5) is 52.5. The van der Waals surface area contributed by atoms with Gasteiger partial charge in [-0.1, -0.05) is 18.6 Å². The first-order chi connectivity index (χ1) is 15.0. The van der Waals surface area contributed by atoms with Crippen molar-refractivity contribution >= 4 is 17.5 Å². The van der Waals surface area contributed by atoms with Crippen molar-refractivity contribution in [1.82, 2.24) is 0 Å². The molecule has 0 radical (unpaired) electrons. The van der Waals surface area contributed by atoms with Crippen LogP contribution in [0.4, 0.5) is 4.39 Å². The number of allylic oxidation sites excluding steroid dienone is 4. The number of nitrogens with zero attached hydrogens (tertiary/aromatic N) is 1. The van der Waals surface area contributed by atoms with Crippen molar-refractivity contribution in [1.29, 1.82) is 0 Å². The third kappa shape index (κ3) is 5.27. The van der Waals surface area contributed by atoms with Gasteiger partial charge in [-0.25, -0.2) is 4.39 Å². The summed E-state index contributed by atoms with van der Waals surface area (Å²) in [7, 11) is 0. The van der Waals surface area contributed by atoms with Gasteiger partial charge in [0.15, 0.2) is 11.6 Å². The maximum atomic E-state index is 13.7. The van der Waals surface area contributed by atoms with E-state index in [-0.39, 0.29) is 60.6 Å². The molecule has 1 aliphatic carbocycles. The number of carbonyl (C=O) groups is 3. The number of halogens is 1. The molecule has 1 N–H and O–H groups in total. The second kappa shape index (κ2) is 10.3. The first-order valence-electron chi connectivity index (χ1n) is 10.2. The highest BCUT2D eigenvalue weighted by molar-refractivity contribution is 6.25. The topological polar surface area (TPSA) is 124 Å². The number of hydrogen-bond acceptors (Lipinski definition) is 6. The zero-order valence-corrected chi connectivity index (χ0v) is 18.3. The summed E-state index contributed by atoms with van der Waals surface area (Å²) in [5.74, 6) is -2.22. The van der Waals surface area contributed by atoms with Gasteiger partial charge < -0.3 is 9.94 Å². The second-order valence-electron chi connectivity index (χ2n) is 7.90. The maximum Gasteiger partial charge on any atom is 0.303 e. The van der Waals surface area contributed by atoms with Gasteiger partial charge in [0.2, 0.25) is 0 Å². The van der Waals surface area contributed by atoms with Crippen LogP contribution in [0.15, 0.2) is 46.6 Å². The van der Waals surface area contributed by atoms with E-state index >= 15 is 0 Å². The molecule has 1 aromatic rings. The molecular formula is C23H26FNO7. The van der Waals surface area contributed by atoms with Crippen LogP contribution >= 0.6 is 0 Å². The van der Waals surface area contributed by atoms with E-state index in [4.69, 9.17) is 0 Å². The highest BCUT2D eigenvalue weighted by atomic mass is 19.1. The zero-order chi connectivity index (χ0) is 24.1. The van der Waals surface area contributed by atoms with Crippen LogP contribution in [0.3, 0.4) is 0 Å². The number of Topliss-reactive ketones (excluding diaryl/α,β-unsaturated/α-hetero) is 2. The second-order valence-corrected chi connectivity index (χ2v) is 7.90. The van der Waals surface area contributed by atoms with Crippen LogP contribution < -0.4 is 0 Å². The number of ketones is 2. The van der Waals surface area contributed by atoms with E-state index in [1.807, 2.05) is 0 Å². The van der Waals surface area contributed by atoms with Crippen molar-refractivity contribution in [2.45, 2.75) is 58.3 Å². The Morgan fingerprint density at radius 2 is 1.62 bits per heavy atom. The fraction of sp³-hybridized carbons (Fsp3) is 0.435. The average molecular weight is 447 g/mol. The molecule has 0 amide bonds. The van der Waals surface area contributed by atoms with Crippen LogP contribution in [0.1, 0.15) is 58.4 Å². The van der Waals surface area contributed by atoms with E-state index in [9.17, 15) is 34.0 Å². The van der Waals surface area contributed by atoms with Crippen LogP contribution in [-0.2, 0) is 24.6 Å². The number of carbonyl (C=O) groups excluding carboxylic acids is 2. The summed E-state index contributed by atoms with van der Waals surface area (Å²) in [5.41, 5.74) is 0.386. The molecule has 0 heterocycles. The molecule has 9 heteroatoms. The number of carboxylic acid groups (broad SMARTS) is 1. The Morgan fingerprint density at radius 1 is 1.03 bits per heavy atom. The van der Waals surface area contributed by atoms with Crippen LogP contribution in [0.5, 0.6) is 0 Å². The normalized spacial score (nSPS) is 16.2. The Kier molecular flexibility index (Phi) is 8.02. The van der Waals surface area contributed by atoms with Crippen molar-refractivity contribution in [3.8, 4) is 0 Å². The quantitative estimate of drug-likeness (QED) is 0.234. The molecule has 0 aromatic heterocycles. The molecule has 0 saturated heterocycles. The third-order valence-electron chi connectivity index (χ3n) is 6.02. The van der Waals surface area contributed by atoms with E-state index in [1.165, 1.54) is 24.3 Å². The van der Waals surface area contributed by atoms with Crippen molar-refractivity contribution in [2.24, 2.45) is 0 Å². The summed E-state index contributed by atoms with van der Waals surface area (Å²) < 4.78 is 13.7. The van der Waals surface area contributed by atoms with Gasteiger partial charge in [0.05, 0.1) is 6.61 Å². The molecule has 8 nitrogen and oxygen atoms in total. The Bertz CT molecular complexity index is 994. The minimum atomic E-state index is -1.18. The molecule has 0 saturated carbocycles. The van der Waals surface area contributed by atoms with Crippen LogP contribution in [0.25, 0.3) is 0 Å². The lowest BCUT2D eigenvalue weighted by Crippen LogP contribution is -2.38. The summed E-state index contributed by atoms with van der Waals surface area (Å²) >= 11 is 0. The zero-order valence-electron chi connectivity index (χ0n) is 18.3. The summed E-state index contributed by atoms with van der Waals surface area (Å²) in [6.07, 6.45) is 0.569. The fourth-order valence-corrected chi connectivity index (χ4v) is 4.23. The molecule has 1 atom stereocenters. The molecule has 32 heavy (non-hydrogen) atoms. The smallest absolute Gasteiger partial charge is 0.303 e. The SMILES string of the molecule is CC1=C(C)C(=O)C(C(CCCCO[N+](=O)[O-])(CCC(=O)O)c2ccc(F)cc2)=C(C)C1=O. The summed E-state index contributed by atoms with van der Waals surface area (Å²) in [6.45, 7) is 4.51. The monoisotopic (exact) mass is 447 g/mol. The lowest BCUT2D eigenvalue weighted by atomic mass is 9.62. The molecule has 2 rings (SSSR count). The van der Waals surface area contributed by atoms with Gasteiger partial charge in [-0.2, -0.15) is 0 Å². The molecule has 172 valence electrons. The van der Waals surface area contributed by atoms with E-state index in [2.05, 4.69) is 4.84 Å². The Balaban J connectivity index is 2.62. The Hall–Kier alpha value is -3.36. The molecule has 0 bridgehead atoms. The molecule has 0 spiro atoms. The maximum absolute atomic E-state index is 13.7. The van der Waals surface area contributed by atoms with Crippen LogP contribution in [0, 0.1) is 15.9 Å². The lowest BCUT2D eigenvalue weighted by molar-refractivity contribution is -0.757. The van der Waals surface area contributed by atoms with E-state index in [0.717, 1.165) is 0 Å². The minimum absolute atomic E-state index is 0.00206. The Labute approximate surface area is 184 Å². The number of unbranched alkanes of at least 4 members (excludes halogenated alkanes) is 1. The lowest BCUT2D eigenvalue weighted by Gasteiger charge is -2.39. The highest BCUT2D eigenvalue weighted by Gasteiger charge is 2.44. The van der Waals surface area contributed by atoms with Crippen molar-refractivity contribution < 1.29 is 33.8 Å². The predicted octanol–water partition coefficient (Wildman–Crippen LogP) is 4.11. The summed E-state index contributed by atoms with van der Waals surface area (Å²) in [5, 5.41) is 18.9. The Morgan fingerprint density at radius 3 is 2.19 bits per heavy atom. The third-order valence-corrected chi connectivity index (χ3v) is 6.02. The van der Waals surface area contributed by atoms with Gasteiger partial charge in [-0.3, -0.25) is 14.4 Å². The molecular weight excluding hydrogens is 421 g/mol. The van der Waals surface area contributed by atoms with Gasteiger partial charge in [-0.05, 0) is 57.7 Å². The van der Waals surface area contributed by atoms with E-state index in [0.29, 0.717) is 17.6 Å². The van der Waals surface area contributed by atoms with Gasteiger partial charge in [0.1, 0.15) is 5.82 Å². The standard InChI is InChI=1S/C23H26FNO7/c1-14-15(2)22(29)20(16(3)21(14)28)23(12-10-19(26)27,11-4-5-13-32-25(30)31)17-6-8-18(24)9-7-17/h6-9H,4-5,10-13H2,1-3H3,(H,26,27). The van der Waals surface area contributed by atoms with Crippen molar-refractivity contribution in [3.05, 3.63) is 68.1 Å². The predicted molar refractivity (Wildman–Crippen MR) is 113 cm³/mol. The van der Waals surface area contributed by atoms with E-state index < -0.39 is 22.3 Å². The number of carboxylic acids is 1. The number of hydrogen-bond donors (Lipinski definition) is 1. The number of rotatable bonds is 11. The molecule has 0 aliphatic heterocycles. The molecule has 1 aliphatic rings. The molecule has 1 unspecified atom stereocenters. The summed E-state index contributed by atoms with van der Waals surface area (Å²) in [6, 6.07) is 5.42. The van der Waals surface area contributed by atoms with Crippen molar-refractivity contribution in [3.63, 3.8) is 0 Å². The van der Waals surface area contributed by atoms with Gasteiger partial charge in [0.25, 0.3) is 5.09 Å². The minimum Gasteiger partial charge on any atom is -0.481 e. The highest BCUT2D eigenvalue weighted by Crippen LogP contribution is 2.46. The van der Waals surface area contributed by atoms with Gasteiger partial charge in [0, 0.05) is 34.1 Å². The largest absolute Gasteiger partial charge is 0.481 e.